The fourth-order valence-electron chi connectivity index (χ4n) is 2.37. The van der Waals surface area contributed by atoms with E-state index in [2.05, 4.69) is 33.0 Å². The Balaban J connectivity index is 2.12. The second-order valence-corrected chi connectivity index (χ2v) is 10.7. The molecule has 120 valence electrons. The molecule has 0 bridgehead atoms. The Hall–Kier alpha value is -0.0800. The molecule has 21 heavy (non-hydrogen) atoms. The van der Waals surface area contributed by atoms with E-state index in [0.717, 1.165) is 11.4 Å². The van der Waals surface area contributed by atoms with Gasteiger partial charge in [0.25, 0.3) is 0 Å². The third-order valence-corrected chi connectivity index (χ3v) is 7.46. The van der Waals surface area contributed by atoms with Crippen LogP contribution in [0.15, 0.2) is 16.3 Å². The van der Waals surface area contributed by atoms with Gasteiger partial charge in [-0.15, -0.1) is 11.3 Å². The van der Waals surface area contributed by atoms with E-state index in [1.54, 1.807) is 9.69 Å². The fourth-order valence-corrected chi connectivity index (χ4v) is 6.71. The third-order valence-electron chi connectivity index (χ3n) is 3.34. The van der Waals surface area contributed by atoms with Crippen molar-refractivity contribution in [3.05, 3.63) is 16.3 Å². The van der Waals surface area contributed by atoms with E-state index in [1.165, 1.54) is 11.3 Å². The molecule has 0 spiro atoms. The van der Waals surface area contributed by atoms with Crippen molar-refractivity contribution in [1.29, 1.82) is 0 Å². The third kappa shape index (κ3) is 4.45. The van der Waals surface area contributed by atoms with E-state index >= 15 is 0 Å². The molecule has 4 nitrogen and oxygen atoms in total. The van der Waals surface area contributed by atoms with Gasteiger partial charge in [-0.2, -0.15) is 16.1 Å². The summed E-state index contributed by atoms with van der Waals surface area (Å²) in [4.78, 5) is 1.51. The van der Waals surface area contributed by atoms with Crippen LogP contribution in [0.1, 0.15) is 32.6 Å². The number of sulfonamides is 1. The largest absolute Gasteiger partial charge is 0.310 e. The molecule has 7 heteroatoms. The van der Waals surface area contributed by atoms with Gasteiger partial charge in [0.05, 0.1) is 4.90 Å². The maximum Gasteiger partial charge on any atom is 0.243 e. The van der Waals surface area contributed by atoms with E-state index in [1.807, 2.05) is 17.8 Å². The van der Waals surface area contributed by atoms with Crippen LogP contribution in [0.3, 0.4) is 0 Å². The number of hydrogen-bond donors (Lipinski definition) is 1. The van der Waals surface area contributed by atoms with Crippen molar-refractivity contribution in [3.63, 3.8) is 0 Å². The van der Waals surface area contributed by atoms with Crippen LogP contribution in [0.5, 0.6) is 0 Å². The monoisotopic (exact) mass is 348 g/mol. The Morgan fingerprint density at radius 1 is 1.33 bits per heavy atom. The highest BCUT2D eigenvalue weighted by Gasteiger charge is 2.32. The fraction of sp³-hybridized carbons (Fsp3) is 0.714. The van der Waals surface area contributed by atoms with Gasteiger partial charge >= 0.3 is 0 Å². The number of rotatable bonds is 5. The first-order chi connectivity index (χ1) is 9.79. The van der Waals surface area contributed by atoms with Gasteiger partial charge in [-0.3, -0.25) is 0 Å². The van der Waals surface area contributed by atoms with Crippen LogP contribution in [0, 0.1) is 0 Å². The van der Waals surface area contributed by atoms with E-state index < -0.39 is 10.0 Å². The molecule has 1 fully saturated rings. The molecule has 0 aromatic carbocycles. The lowest BCUT2D eigenvalue weighted by Crippen LogP contribution is -2.43. The second-order valence-electron chi connectivity index (χ2n) is 5.86. The molecule has 0 saturated carbocycles. The minimum absolute atomic E-state index is 0.351. The zero-order valence-electron chi connectivity index (χ0n) is 13.0. The number of thiophene rings is 1. The lowest BCUT2D eigenvalue weighted by Gasteiger charge is -2.33. The van der Waals surface area contributed by atoms with Crippen molar-refractivity contribution < 1.29 is 8.42 Å². The van der Waals surface area contributed by atoms with Crippen molar-refractivity contribution in [2.24, 2.45) is 0 Å². The Morgan fingerprint density at radius 2 is 1.95 bits per heavy atom. The first kappa shape index (κ1) is 17.3. The van der Waals surface area contributed by atoms with Gasteiger partial charge in [0.1, 0.15) is 0 Å². The minimum atomic E-state index is -3.34. The summed E-state index contributed by atoms with van der Waals surface area (Å²) in [6.07, 6.45) is 0. The molecule has 1 aliphatic heterocycles. The molecule has 1 saturated heterocycles. The molecule has 0 radical (unpaired) electrons. The molecule has 2 unspecified atom stereocenters. The molecule has 2 atom stereocenters. The normalized spacial score (nSPS) is 24.6. The molecule has 2 rings (SSSR count). The summed E-state index contributed by atoms with van der Waals surface area (Å²) in [5.41, 5.74) is 0. The highest BCUT2D eigenvalue weighted by Crippen LogP contribution is 2.30. The average molecular weight is 349 g/mol. The number of nitrogens with one attached hydrogen (secondary N) is 1. The van der Waals surface area contributed by atoms with Crippen molar-refractivity contribution in [1.82, 2.24) is 9.62 Å². The maximum atomic E-state index is 12.7. The molecule has 2 heterocycles. The van der Waals surface area contributed by atoms with Gasteiger partial charge in [-0.25, -0.2) is 8.42 Å². The van der Waals surface area contributed by atoms with Crippen LogP contribution >= 0.6 is 23.1 Å². The van der Waals surface area contributed by atoms with Gasteiger partial charge in [-0.1, -0.05) is 27.7 Å². The van der Waals surface area contributed by atoms with Crippen molar-refractivity contribution in [2.75, 3.05) is 13.1 Å². The zero-order valence-corrected chi connectivity index (χ0v) is 15.4. The lowest BCUT2D eigenvalue weighted by atomic mass is 10.4. The maximum absolute atomic E-state index is 12.7. The van der Waals surface area contributed by atoms with Crippen LogP contribution < -0.4 is 5.32 Å². The highest BCUT2D eigenvalue weighted by molar-refractivity contribution is 8.00. The van der Waals surface area contributed by atoms with E-state index in [4.69, 9.17) is 0 Å². The molecule has 1 N–H and O–H groups in total. The summed E-state index contributed by atoms with van der Waals surface area (Å²) in [5, 5.41) is 5.79. The Labute approximate surface area is 136 Å². The topological polar surface area (TPSA) is 49.4 Å². The first-order valence-electron chi connectivity index (χ1n) is 7.25. The summed E-state index contributed by atoms with van der Waals surface area (Å²) in [5.74, 6) is 0. The van der Waals surface area contributed by atoms with Gasteiger partial charge in [-0.05, 0) is 6.07 Å². The van der Waals surface area contributed by atoms with Crippen LogP contribution in [-0.4, -0.2) is 42.4 Å². The standard InChI is InChI=1S/C14H24N2O2S3/c1-10(2)15-6-13-5-14(9-19-13)21(17,18)16-7-11(3)20-12(4)8-16/h5,9-12,15H,6-8H2,1-4H3. The second kappa shape index (κ2) is 7.00. The molecule has 0 aliphatic carbocycles. The zero-order chi connectivity index (χ0) is 15.6. The molecular weight excluding hydrogens is 324 g/mol. The van der Waals surface area contributed by atoms with Crippen molar-refractivity contribution >= 4 is 33.1 Å². The Kier molecular flexibility index (Phi) is 5.76. The SMILES string of the molecule is CC(C)NCc1cc(S(=O)(=O)N2CC(C)SC(C)C2)cs1. The predicted molar refractivity (Wildman–Crippen MR) is 91.6 cm³/mol. The van der Waals surface area contributed by atoms with Crippen LogP contribution in [0.4, 0.5) is 0 Å². The minimum Gasteiger partial charge on any atom is -0.310 e. The van der Waals surface area contributed by atoms with Crippen LogP contribution in [0.25, 0.3) is 0 Å². The number of thioether (sulfide) groups is 1. The van der Waals surface area contributed by atoms with E-state index in [-0.39, 0.29) is 0 Å². The summed E-state index contributed by atoms with van der Waals surface area (Å²) in [7, 11) is -3.34. The lowest BCUT2D eigenvalue weighted by molar-refractivity contribution is 0.405. The van der Waals surface area contributed by atoms with Gasteiger partial charge < -0.3 is 5.32 Å². The van der Waals surface area contributed by atoms with Crippen molar-refractivity contribution in [2.45, 2.75) is 55.7 Å². The number of hydrogen-bond acceptors (Lipinski definition) is 5. The summed E-state index contributed by atoms with van der Waals surface area (Å²) in [6, 6.07) is 2.21. The Morgan fingerprint density at radius 3 is 2.52 bits per heavy atom. The molecular formula is C14H24N2O2S3. The predicted octanol–water partition coefficient (Wildman–Crippen LogP) is 2.76. The molecule has 1 aromatic rings. The smallest absolute Gasteiger partial charge is 0.243 e. The summed E-state index contributed by atoms with van der Waals surface area (Å²) in [6.45, 7) is 10.3. The summed E-state index contributed by atoms with van der Waals surface area (Å²) >= 11 is 3.37. The van der Waals surface area contributed by atoms with Gasteiger partial charge in [0.15, 0.2) is 0 Å². The van der Waals surface area contributed by atoms with Crippen LogP contribution in [0.2, 0.25) is 0 Å². The quantitative estimate of drug-likeness (QED) is 0.889. The highest BCUT2D eigenvalue weighted by atomic mass is 32.2. The van der Waals surface area contributed by atoms with Crippen molar-refractivity contribution in [3.8, 4) is 0 Å². The Bertz CT molecular complexity index is 559. The summed E-state index contributed by atoms with van der Waals surface area (Å²) < 4.78 is 27.1. The first-order valence-corrected chi connectivity index (χ1v) is 10.5. The van der Waals surface area contributed by atoms with E-state index in [0.29, 0.717) is 34.5 Å². The number of nitrogens with zero attached hydrogens (tertiary/aromatic N) is 1. The molecule has 1 aliphatic rings. The van der Waals surface area contributed by atoms with E-state index in [9.17, 15) is 8.42 Å². The average Bonchev–Trinajstić information content (AvgIpc) is 2.84. The molecule has 0 amide bonds. The van der Waals surface area contributed by atoms with Gasteiger partial charge in [0.2, 0.25) is 10.0 Å². The molecule has 1 aromatic heterocycles. The van der Waals surface area contributed by atoms with Gasteiger partial charge in [0, 0.05) is 46.4 Å². The van der Waals surface area contributed by atoms with Crippen LogP contribution in [-0.2, 0) is 16.6 Å².